The van der Waals surface area contributed by atoms with Crippen molar-refractivity contribution >= 4 is 16.6 Å². The molecule has 0 spiro atoms. The summed E-state index contributed by atoms with van der Waals surface area (Å²) in [7, 11) is 0. The van der Waals surface area contributed by atoms with E-state index in [1.165, 1.54) is 0 Å². The van der Waals surface area contributed by atoms with Crippen molar-refractivity contribution in [2.75, 3.05) is 0 Å². The van der Waals surface area contributed by atoms with Gasteiger partial charge < -0.3 is 19.7 Å². The van der Waals surface area contributed by atoms with Crippen molar-refractivity contribution in [1.29, 1.82) is 0 Å². The van der Waals surface area contributed by atoms with E-state index in [9.17, 15) is 15.0 Å². The fourth-order valence-corrected chi connectivity index (χ4v) is 3.28. The summed E-state index contributed by atoms with van der Waals surface area (Å²) in [5, 5.41) is 20.3. The van der Waals surface area contributed by atoms with E-state index >= 15 is 0 Å². The maximum atomic E-state index is 12.4. The first-order chi connectivity index (χ1) is 15.0. The summed E-state index contributed by atoms with van der Waals surface area (Å²) < 4.78 is 11.9. The van der Waals surface area contributed by atoms with E-state index in [1.807, 2.05) is 66.7 Å². The van der Waals surface area contributed by atoms with Crippen molar-refractivity contribution in [2.45, 2.75) is 19.8 Å². The molecule has 0 saturated heterocycles. The average molecular weight is 415 g/mol. The summed E-state index contributed by atoms with van der Waals surface area (Å²) >= 11 is 0. The number of para-hydroxylation sites is 1. The average Bonchev–Trinajstić information content (AvgIpc) is 2.79. The minimum atomic E-state index is -2.18. The van der Waals surface area contributed by atoms with Gasteiger partial charge in [0, 0.05) is 16.5 Å². The Balaban J connectivity index is 1.77. The van der Waals surface area contributed by atoms with Gasteiger partial charge in [0.15, 0.2) is 11.4 Å². The number of ether oxygens (including phenoxy) is 2. The summed E-state index contributed by atoms with van der Waals surface area (Å²) in [6.45, 7) is 1.95. The van der Waals surface area contributed by atoms with Crippen LogP contribution in [0.5, 0.6) is 17.2 Å². The molecule has 0 aliphatic heterocycles. The minimum absolute atomic E-state index is 0.118. The zero-order chi connectivity index (χ0) is 21.8. The first kappa shape index (κ1) is 20.5. The molecule has 0 aliphatic carbocycles. The van der Waals surface area contributed by atoms with Crippen LogP contribution in [0.1, 0.15) is 21.7 Å². The number of hydrogen-bond acceptors (Lipinski definition) is 6. The highest BCUT2D eigenvalue weighted by atomic mass is 16.5. The molecule has 0 radical (unpaired) electrons. The largest absolute Gasteiger partial charge is 0.486 e. The van der Waals surface area contributed by atoms with Gasteiger partial charge in [-0.15, -0.1) is 0 Å². The van der Waals surface area contributed by atoms with Gasteiger partial charge in [-0.05, 0) is 42.8 Å². The molecule has 0 atom stereocenters. The standard InChI is InChI=1S/C25H21NO5/c1-16-21-14-19(31-18-10-6-3-7-11-18)12-13-20(21)24(22(26-16)23(27)25(28)29)30-15-17-8-4-2-5-9-17/h2-14,25,28-29H,15H2,1H3. The first-order valence-corrected chi connectivity index (χ1v) is 9.77. The summed E-state index contributed by atoms with van der Waals surface area (Å²) in [5.41, 5.74) is 1.33. The van der Waals surface area contributed by atoms with Crippen LogP contribution in [-0.2, 0) is 6.61 Å². The summed E-state index contributed by atoms with van der Waals surface area (Å²) in [6, 6.07) is 24.2. The number of aliphatic hydroxyl groups is 2. The zero-order valence-electron chi connectivity index (χ0n) is 16.9. The van der Waals surface area contributed by atoms with Crippen molar-refractivity contribution in [3.05, 3.63) is 95.8 Å². The summed E-state index contributed by atoms with van der Waals surface area (Å²) in [4.78, 5) is 16.7. The summed E-state index contributed by atoms with van der Waals surface area (Å²) in [5.74, 6) is 0.591. The number of aryl methyl sites for hydroxylation is 1. The molecule has 2 N–H and O–H groups in total. The lowest BCUT2D eigenvalue weighted by molar-refractivity contribution is -0.0201. The van der Waals surface area contributed by atoms with Crippen molar-refractivity contribution in [3.63, 3.8) is 0 Å². The van der Waals surface area contributed by atoms with Crippen molar-refractivity contribution in [2.24, 2.45) is 0 Å². The number of pyridine rings is 1. The molecular weight excluding hydrogens is 394 g/mol. The fraction of sp³-hybridized carbons (Fsp3) is 0.120. The molecule has 0 saturated carbocycles. The lowest BCUT2D eigenvalue weighted by Crippen LogP contribution is -2.22. The van der Waals surface area contributed by atoms with Gasteiger partial charge in [-0.2, -0.15) is 0 Å². The van der Waals surface area contributed by atoms with E-state index in [-0.39, 0.29) is 18.1 Å². The maximum absolute atomic E-state index is 12.4. The number of carbonyl (C=O) groups is 1. The van der Waals surface area contributed by atoms with Crippen LogP contribution in [-0.4, -0.2) is 27.3 Å². The number of aromatic nitrogens is 1. The zero-order valence-corrected chi connectivity index (χ0v) is 16.9. The number of Topliss-reactive ketones (excluding diaryl/α,β-unsaturated/α-hetero) is 1. The Morgan fingerprint density at radius 1 is 0.903 bits per heavy atom. The van der Waals surface area contributed by atoms with E-state index < -0.39 is 12.1 Å². The fourth-order valence-electron chi connectivity index (χ4n) is 3.28. The molecule has 1 heterocycles. The third kappa shape index (κ3) is 4.55. The highest BCUT2D eigenvalue weighted by Gasteiger charge is 2.24. The van der Waals surface area contributed by atoms with Crippen LogP contribution in [0.25, 0.3) is 10.8 Å². The second-order valence-corrected chi connectivity index (χ2v) is 7.01. The predicted molar refractivity (Wildman–Crippen MR) is 116 cm³/mol. The van der Waals surface area contributed by atoms with Gasteiger partial charge >= 0.3 is 0 Å². The van der Waals surface area contributed by atoms with Crippen LogP contribution < -0.4 is 9.47 Å². The third-order valence-corrected chi connectivity index (χ3v) is 4.79. The SMILES string of the molecule is Cc1nc(C(=O)C(O)O)c(OCc2ccccc2)c2ccc(Oc3ccccc3)cc12. The lowest BCUT2D eigenvalue weighted by atomic mass is 10.0. The Kier molecular flexibility index (Phi) is 5.93. The molecule has 0 unspecified atom stereocenters. The van der Waals surface area contributed by atoms with Gasteiger partial charge in [0.05, 0.1) is 0 Å². The number of carbonyl (C=O) groups excluding carboxylic acids is 1. The van der Waals surface area contributed by atoms with Crippen LogP contribution >= 0.6 is 0 Å². The van der Waals surface area contributed by atoms with E-state index in [4.69, 9.17) is 9.47 Å². The Morgan fingerprint density at radius 3 is 2.26 bits per heavy atom. The smallest absolute Gasteiger partial charge is 0.240 e. The normalized spacial score (nSPS) is 11.0. The number of hydrogen-bond donors (Lipinski definition) is 2. The van der Waals surface area contributed by atoms with E-state index in [2.05, 4.69) is 4.98 Å². The highest BCUT2D eigenvalue weighted by Crippen LogP contribution is 2.35. The van der Waals surface area contributed by atoms with Crippen molar-refractivity contribution in [3.8, 4) is 17.2 Å². The molecular formula is C25H21NO5. The van der Waals surface area contributed by atoms with Crippen LogP contribution in [0.2, 0.25) is 0 Å². The quantitative estimate of drug-likeness (QED) is 0.343. The molecule has 4 aromatic rings. The minimum Gasteiger partial charge on any atom is -0.486 e. The van der Waals surface area contributed by atoms with E-state index in [1.54, 1.807) is 19.1 Å². The van der Waals surface area contributed by atoms with Gasteiger partial charge in [0.2, 0.25) is 12.1 Å². The number of rotatable bonds is 7. The Bertz CT molecular complexity index is 1210. The first-order valence-electron chi connectivity index (χ1n) is 9.77. The Labute approximate surface area is 179 Å². The molecule has 31 heavy (non-hydrogen) atoms. The number of ketones is 1. The molecule has 3 aromatic carbocycles. The second kappa shape index (κ2) is 8.95. The van der Waals surface area contributed by atoms with Gasteiger partial charge in [-0.3, -0.25) is 4.79 Å². The van der Waals surface area contributed by atoms with E-state index in [0.29, 0.717) is 22.6 Å². The molecule has 0 aliphatic rings. The molecule has 0 amide bonds. The van der Waals surface area contributed by atoms with Crippen molar-refractivity contribution in [1.82, 2.24) is 4.98 Å². The summed E-state index contributed by atoms with van der Waals surface area (Å²) in [6.07, 6.45) is -2.18. The Hall–Kier alpha value is -3.74. The molecule has 4 rings (SSSR count). The van der Waals surface area contributed by atoms with Gasteiger partial charge in [0.25, 0.3) is 0 Å². The Morgan fingerprint density at radius 2 is 1.58 bits per heavy atom. The third-order valence-electron chi connectivity index (χ3n) is 4.79. The molecule has 156 valence electrons. The molecule has 0 fully saturated rings. The molecule has 1 aromatic heterocycles. The number of aliphatic hydroxyl groups excluding tert-OH is 1. The predicted octanol–water partition coefficient (Wildman–Crippen LogP) is 4.41. The van der Waals surface area contributed by atoms with Crippen LogP contribution in [0, 0.1) is 6.92 Å². The lowest BCUT2D eigenvalue weighted by Gasteiger charge is -2.16. The van der Waals surface area contributed by atoms with Crippen LogP contribution in [0.3, 0.4) is 0 Å². The van der Waals surface area contributed by atoms with Gasteiger partial charge in [-0.1, -0.05) is 48.5 Å². The van der Waals surface area contributed by atoms with Gasteiger partial charge in [-0.25, -0.2) is 4.98 Å². The molecule has 6 nitrogen and oxygen atoms in total. The van der Waals surface area contributed by atoms with Crippen LogP contribution in [0.4, 0.5) is 0 Å². The monoisotopic (exact) mass is 415 g/mol. The maximum Gasteiger partial charge on any atom is 0.240 e. The molecule has 0 bridgehead atoms. The van der Waals surface area contributed by atoms with Crippen molar-refractivity contribution < 1.29 is 24.5 Å². The van der Waals surface area contributed by atoms with E-state index in [0.717, 1.165) is 10.9 Å². The highest BCUT2D eigenvalue weighted by molar-refractivity contribution is 6.05. The second-order valence-electron chi connectivity index (χ2n) is 7.01. The van der Waals surface area contributed by atoms with Crippen LogP contribution in [0.15, 0.2) is 78.9 Å². The van der Waals surface area contributed by atoms with Gasteiger partial charge in [0.1, 0.15) is 18.1 Å². The number of nitrogens with zero attached hydrogens (tertiary/aromatic N) is 1. The molecule has 6 heteroatoms. The number of benzene rings is 3. The number of fused-ring (bicyclic) bond motifs is 1. The topological polar surface area (TPSA) is 88.9 Å².